The Morgan fingerprint density at radius 1 is 1.20 bits per heavy atom. The molecule has 6 heteroatoms. The molecule has 15 heavy (non-hydrogen) atoms. The summed E-state index contributed by atoms with van der Waals surface area (Å²) in [5, 5.41) is 4.81. The zero-order valence-corrected chi connectivity index (χ0v) is 9.65. The van der Waals surface area contributed by atoms with Crippen LogP contribution >= 0.6 is 12.2 Å². The van der Waals surface area contributed by atoms with E-state index in [0.717, 1.165) is 19.3 Å². The van der Waals surface area contributed by atoms with Gasteiger partial charge in [0, 0.05) is 6.54 Å². The molecule has 2 amide bonds. The molecule has 0 aliphatic carbocycles. The van der Waals surface area contributed by atoms with E-state index >= 15 is 0 Å². The lowest BCUT2D eigenvalue weighted by molar-refractivity contribution is -0.139. The molecule has 4 N–H and O–H groups in total. The molecule has 0 saturated carbocycles. The zero-order valence-electron chi connectivity index (χ0n) is 8.84. The number of hydrogen-bond donors (Lipinski definition) is 3. The average molecular weight is 231 g/mol. The van der Waals surface area contributed by atoms with Gasteiger partial charge in [0.1, 0.15) is 0 Å². The quantitative estimate of drug-likeness (QED) is 0.333. The van der Waals surface area contributed by atoms with Gasteiger partial charge >= 0.3 is 11.8 Å². The van der Waals surface area contributed by atoms with Crippen LogP contribution in [-0.2, 0) is 9.59 Å². The van der Waals surface area contributed by atoms with Gasteiger partial charge in [-0.15, -0.1) is 0 Å². The van der Waals surface area contributed by atoms with Crippen molar-refractivity contribution in [2.75, 3.05) is 13.1 Å². The van der Waals surface area contributed by atoms with Crippen molar-refractivity contribution in [2.45, 2.75) is 26.2 Å². The Hall–Kier alpha value is -1.17. The summed E-state index contributed by atoms with van der Waals surface area (Å²) >= 11 is 4.55. The van der Waals surface area contributed by atoms with Crippen LogP contribution in [0.4, 0.5) is 0 Å². The van der Waals surface area contributed by atoms with E-state index in [2.05, 4.69) is 29.8 Å². The molecule has 0 heterocycles. The van der Waals surface area contributed by atoms with Crippen molar-refractivity contribution in [3.63, 3.8) is 0 Å². The fourth-order valence-electron chi connectivity index (χ4n) is 0.905. The topological polar surface area (TPSA) is 84.2 Å². The highest BCUT2D eigenvalue weighted by Gasteiger charge is 2.11. The standard InChI is InChI=1S/C9H17N3O2S/c1-2-3-4-5-11-8(13)9(14)12-6-7(10)15/h2-6H2,1H3,(H2,10,15)(H,11,13)(H,12,14). The first-order chi connectivity index (χ1) is 7.07. The normalized spacial score (nSPS) is 9.40. The van der Waals surface area contributed by atoms with Crippen molar-refractivity contribution >= 4 is 29.0 Å². The number of nitrogens with one attached hydrogen (secondary N) is 2. The SMILES string of the molecule is CCCCCNC(=O)C(=O)NCC(N)=S. The predicted octanol–water partition coefficient (Wildman–Crippen LogP) is -0.305. The van der Waals surface area contributed by atoms with Crippen molar-refractivity contribution in [2.24, 2.45) is 5.73 Å². The molecule has 0 aliphatic heterocycles. The third-order valence-electron chi connectivity index (χ3n) is 1.70. The first-order valence-corrected chi connectivity index (χ1v) is 5.33. The van der Waals surface area contributed by atoms with Crippen LogP contribution in [-0.4, -0.2) is 29.9 Å². The Morgan fingerprint density at radius 3 is 2.33 bits per heavy atom. The second-order valence-electron chi connectivity index (χ2n) is 3.11. The number of amides is 2. The Balaban J connectivity index is 3.60. The molecular formula is C9H17N3O2S. The Labute approximate surface area is 94.8 Å². The third-order valence-corrected chi connectivity index (χ3v) is 1.84. The lowest BCUT2D eigenvalue weighted by atomic mass is 10.2. The van der Waals surface area contributed by atoms with Crippen LogP contribution in [0.3, 0.4) is 0 Å². The molecule has 0 atom stereocenters. The summed E-state index contributed by atoms with van der Waals surface area (Å²) < 4.78 is 0. The Morgan fingerprint density at radius 2 is 1.80 bits per heavy atom. The Kier molecular flexibility index (Phi) is 7.53. The van der Waals surface area contributed by atoms with Crippen molar-refractivity contribution < 1.29 is 9.59 Å². The number of nitrogens with two attached hydrogens (primary N) is 1. The van der Waals surface area contributed by atoms with Crippen LogP contribution < -0.4 is 16.4 Å². The van der Waals surface area contributed by atoms with Gasteiger partial charge < -0.3 is 16.4 Å². The van der Waals surface area contributed by atoms with Gasteiger partial charge in [-0.1, -0.05) is 32.0 Å². The fourth-order valence-corrected chi connectivity index (χ4v) is 0.977. The number of thiocarbonyl (C=S) groups is 1. The van der Waals surface area contributed by atoms with Crippen molar-refractivity contribution in [1.82, 2.24) is 10.6 Å². The monoisotopic (exact) mass is 231 g/mol. The lowest BCUT2D eigenvalue weighted by Gasteiger charge is -2.04. The summed E-state index contributed by atoms with van der Waals surface area (Å²) in [6.45, 7) is 2.64. The highest BCUT2D eigenvalue weighted by Crippen LogP contribution is 1.90. The molecule has 0 aromatic carbocycles. The molecule has 86 valence electrons. The molecular weight excluding hydrogens is 214 g/mol. The van der Waals surface area contributed by atoms with Gasteiger partial charge in [0.25, 0.3) is 0 Å². The minimum Gasteiger partial charge on any atom is -0.392 e. The summed E-state index contributed by atoms with van der Waals surface area (Å²) in [7, 11) is 0. The van der Waals surface area contributed by atoms with Crippen LogP contribution in [0.2, 0.25) is 0 Å². The van der Waals surface area contributed by atoms with Crippen LogP contribution in [0.25, 0.3) is 0 Å². The molecule has 0 saturated heterocycles. The van der Waals surface area contributed by atoms with Gasteiger partial charge in [0.15, 0.2) is 0 Å². The first kappa shape index (κ1) is 13.8. The van der Waals surface area contributed by atoms with Crippen molar-refractivity contribution in [3.05, 3.63) is 0 Å². The van der Waals surface area contributed by atoms with Gasteiger partial charge in [-0.25, -0.2) is 0 Å². The molecule has 0 aromatic rings. The van der Waals surface area contributed by atoms with E-state index in [4.69, 9.17) is 5.73 Å². The molecule has 0 radical (unpaired) electrons. The lowest BCUT2D eigenvalue weighted by Crippen LogP contribution is -2.43. The zero-order chi connectivity index (χ0) is 11.7. The van der Waals surface area contributed by atoms with E-state index < -0.39 is 11.8 Å². The average Bonchev–Trinajstić information content (AvgIpc) is 2.20. The van der Waals surface area contributed by atoms with Crippen LogP contribution in [0.1, 0.15) is 26.2 Å². The highest BCUT2D eigenvalue weighted by molar-refractivity contribution is 7.80. The van der Waals surface area contributed by atoms with Gasteiger partial charge in [0.2, 0.25) is 0 Å². The summed E-state index contributed by atoms with van der Waals surface area (Å²) in [6.07, 6.45) is 2.99. The molecule has 5 nitrogen and oxygen atoms in total. The maximum atomic E-state index is 11.1. The number of hydrogen-bond acceptors (Lipinski definition) is 3. The first-order valence-electron chi connectivity index (χ1n) is 4.92. The van der Waals surface area contributed by atoms with Crippen molar-refractivity contribution in [3.8, 4) is 0 Å². The molecule has 0 aromatic heterocycles. The summed E-state index contributed by atoms with van der Waals surface area (Å²) in [5.41, 5.74) is 5.17. The molecule has 0 spiro atoms. The Bertz CT molecular complexity index is 244. The number of carbonyl (C=O) groups is 2. The van der Waals surface area contributed by atoms with E-state index in [9.17, 15) is 9.59 Å². The largest absolute Gasteiger partial charge is 0.392 e. The minimum absolute atomic E-state index is 0.0521. The predicted molar refractivity (Wildman–Crippen MR) is 62.3 cm³/mol. The second kappa shape index (κ2) is 8.16. The molecule has 0 unspecified atom stereocenters. The summed E-state index contributed by atoms with van der Waals surface area (Å²) in [4.78, 5) is 22.3. The van der Waals surface area contributed by atoms with Crippen molar-refractivity contribution in [1.29, 1.82) is 0 Å². The van der Waals surface area contributed by atoms with Gasteiger partial charge in [-0.05, 0) is 6.42 Å². The highest BCUT2D eigenvalue weighted by atomic mass is 32.1. The van der Waals surface area contributed by atoms with Gasteiger partial charge in [-0.2, -0.15) is 0 Å². The van der Waals surface area contributed by atoms with E-state index in [0.29, 0.717) is 6.54 Å². The van der Waals surface area contributed by atoms with Gasteiger partial charge in [0.05, 0.1) is 11.5 Å². The maximum Gasteiger partial charge on any atom is 0.309 e. The van der Waals surface area contributed by atoms with Crippen LogP contribution in [0.5, 0.6) is 0 Å². The minimum atomic E-state index is -0.695. The van der Waals surface area contributed by atoms with Crippen LogP contribution in [0, 0.1) is 0 Å². The molecule has 0 fully saturated rings. The van der Waals surface area contributed by atoms with E-state index in [1.807, 2.05) is 0 Å². The van der Waals surface area contributed by atoms with E-state index in [1.54, 1.807) is 0 Å². The fraction of sp³-hybridized carbons (Fsp3) is 0.667. The van der Waals surface area contributed by atoms with E-state index in [1.165, 1.54) is 0 Å². The van der Waals surface area contributed by atoms with E-state index in [-0.39, 0.29) is 11.5 Å². The number of unbranched alkanes of at least 4 members (excludes halogenated alkanes) is 2. The third kappa shape index (κ3) is 7.87. The van der Waals surface area contributed by atoms with Crippen LogP contribution in [0.15, 0.2) is 0 Å². The second-order valence-corrected chi connectivity index (χ2v) is 3.64. The maximum absolute atomic E-state index is 11.1. The molecule has 0 rings (SSSR count). The van der Waals surface area contributed by atoms with Gasteiger partial charge in [-0.3, -0.25) is 9.59 Å². The summed E-state index contributed by atoms with van der Waals surface area (Å²) in [5.74, 6) is -1.33. The summed E-state index contributed by atoms with van der Waals surface area (Å²) in [6, 6.07) is 0. The molecule has 0 bridgehead atoms. The number of rotatable bonds is 6. The molecule has 0 aliphatic rings. The number of carbonyl (C=O) groups excluding carboxylic acids is 2. The smallest absolute Gasteiger partial charge is 0.309 e.